The molecule has 132 valence electrons. The van der Waals surface area contributed by atoms with E-state index < -0.39 is 0 Å². The molecule has 6 aliphatic heterocycles. The fourth-order valence-electron chi connectivity index (χ4n) is 6.12. The maximum Gasteiger partial charge on any atom is 0.129 e. The molecular weight excluding hydrogens is 284 g/mol. The Morgan fingerprint density at radius 1 is 0.609 bits per heavy atom. The van der Waals surface area contributed by atoms with Crippen molar-refractivity contribution in [3.05, 3.63) is 0 Å². The summed E-state index contributed by atoms with van der Waals surface area (Å²) in [6.45, 7) is 25.3. The first-order valence-corrected chi connectivity index (χ1v) is 10.3. The van der Waals surface area contributed by atoms with E-state index in [0.717, 1.165) is 6.04 Å². The Morgan fingerprint density at radius 2 is 1.00 bits per heavy atom. The number of likely N-dealkylation sites (N-methyl/N-ethyl adjacent to an activating group) is 1. The largest absolute Gasteiger partial charge is 0.312 e. The molecular formula is C19H40N4+4. The van der Waals surface area contributed by atoms with Crippen LogP contribution in [0.3, 0.4) is 0 Å². The van der Waals surface area contributed by atoms with Crippen molar-refractivity contribution in [1.82, 2.24) is 0 Å². The fourth-order valence-corrected chi connectivity index (χ4v) is 6.12. The number of fused-ring (bicyclic) bond motifs is 6. The summed E-state index contributed by atoms with van der Waals surface area (Å²) in [5.41, 5.74) is 0. The van der Waals surface area contributed by atoms with Crippen LogP contribution in [0.5, 0.6) is 0 Å². The molecule has 0 aliphatic carbocycles. The van der Waals surface area contributed by atoms with Crippen LogP contribution in [0, 0.1) is 0 Å². The summed E-state index contributed by atoms with van der Waals surface area (Å²) in [6, 6.07) is 0.838. The number of piperazine rings is 6. The van der Waals surface area contributed by atoms with E-state index in [4.69, 9.17) is 0 Å². The highest BCUT2D eigenvalue weighted by atomic mass is 15.5. The highest BCUT2D eigenvalue weighted by molar-refractivity contribution is 4.65. The van der Waals surface area contributed by atoms with Crippen molar-refractivity contribution in [2.75, 3.05) is 98.7 Å². The Hall–Kier alpha value is -0.160. The van der Waals surface area contributed by atoms with E-state index in [1.165, 1.54) is 116 Å². The summed E-state index contributed by atoms with van der Waals surface area (Å²) in [6.07, 6.45) is 1.48. The Morgan fingerprint density at radius 3 is 1.39 bits per heavy atom. The van der Waals surface area contributed by atoms with Gasteiger partial charge in [-0.15, -0.1) is 0 Å². The fraction of sp³-hybridized carbons (Fsp3) is 1.00. The minimum absolute atomic E-state index is 0.838. The van der Waals surface area contributed by atoms with Crippen LogP contribution in [0.15, 0.2) is 0 Å². The van der Waals surface area contributed by atoms with Crippen molar-refractivity contribution >= 4 is 0 Å². The van der Waals surface area contributed by atoms with Gasteiger partial charge in [0.05, 0.1) is 26.2 Å². The Labute approximate surface area is 143 Å². The molecule has 4 nitrogen and oxygen atoms in total. The van der Waals surface area contributed by atoms with E-state index in [1.807, 2.05) is 0 Å². The van der Waals surface area contributed by atoms with Crippen molar-refractivity contribution in [2.45, 2.75) is 26.3 Å². The lowest BCUT2D eigenvalue weighted by molar-refractivity contribution is -1.09. The second-order valence-corrected chi connectivity index (χ2v) is 10.1. The summed E-state index contributed by atoms with van der Waals surface area (Å²) >= 11 is 0. The molecule has 6 saturated heterocycles. The molecule has 0 spiro atoms. The van der Waals surface area contributed by atoms with Gasteiger partial charge in [0.1, 0.15) is 78.5 Å². The molecule has 0 aromatic heterocycles. The molecule has 6 rings (SSSR count). The van der Waals surface area contributed by atoms with Crippen LogP contribution in [0.4, 0.5) is 0 Å². The molecule has 0 radical (unpaired) electrons. The Balaban J connectivity index is 1.30. The standard InChI is InChI=1S/C19H40N4/c1-19(2)23-16-13-22(14-17-23,15-18-23)6-4-5-21-10-7-20(3,8-11-21)9-12-21/h19H,4-18H2,1-3H3/q+4. The number of hydrogen-bond acceptors (Lipinski definition) is 0. The SMILES string of the molecule is CC(C)[N+]12CC[N+](CCC[N+]34CC[N+](C)(CC3)CC4)(CC1)CC2. The third-order valence-electron chi connectivity index (χ3n) is 8.76. The monoisotopic (exact) mass is 324 g/mol. The summed E-state index contributed by atoms with van der Waals surface area (Å²) in [4.78, 5) is 0. The van der Waals surface area contributed by atoms with Crippen LogP contribution in [0.2, 0.25) is 0 Å². The van der Waals surface area contributed by atoms with Gasteiger partial charge in [0, 0.05) is 6.42 Å². The van der Waals surface area contributed by atoms with Gasteiger partial charge in [-0.05, 0) is 13.8 Å². The van der Waals surface area contributed by atoms with Gasteiger partial charge in [-0.3, -0.25) is 0 Å². The third kappa shape index (κ3) is 2.76. The van der Waals surface area contributed by atoms with Crippen LogP contribution in [-0.4, -0.2) is 123 Å². The van der Waals surface area contributed by atoms with Gasteiger partial charge in [0.25, 0.3) is 0 Å². The second-order valence-electron chi connectivity index (χ2n) is 10.1. The summed E-state index contributed by atoms with van der Waals surface area (Å²) in [5.74, 6) is 0. The van der Waals surface area contributed by atoms with Gasteiger partial charge in [0.2, 0.25) is 0 Å². The molecule has 0 atom stereocenters. The smallest absolute Gasteiger partial charge is 0.129 e. The summed E-state index contributed by atoms with van der Waals surface area (Å²) in [7, 11) is 2.48. The van der Waals surface area contributed by atoms with E-state index in [1.54, 1.807) is 0 Å². The van der Waals surface area contributed by atoms with Gasteiger partial charge < -0.3 is 17.9 Å². The maximum absolute atomic E-state index is 2.48. The van der Waals surface area contributed by atoms with Gasteiger partial charge in [-0.2, -0.15) is 0 Å². The molecule has 6 aliphatic rings. The topological polar surface area (TPSA) is 0 Å². The van der Waals surface area contributed by atoms with Crippen molar-refractivity contribution in [3.63, 3.8) is 0 Å². The number of rotatable bonds is 5. The normalized spacial score (nSPS) is 49.0. The molecule has 0 N–H and O–H groups in total. The van der Waals surface area contributed by atoms with E-state index in [0.29, 0.717) is 0 Å². The first kappa shape index (κ1) is 16.3. The Kier molecular flexibility index (Phi) is 3.84. The van der Waals surface area contributed by atoms with Gasteiger partial charge in [-0.25, -0.2) is 0 Å². The highest BCUT2D eigenvalue weighted by Crippen LogP contribution is 2.30. The zero-order chi connectivity index (χ0) is 16.2. The number of quaternary nitrogens is 4. The minimum Gasteiger partial charge on any atom is -0.312 e. The molecule has 0 saturated carbocycles. The predicted molar refractivity (Wildman–Crippen MR) is 94.9 cm³/mol. The summed E-state index contributed by atoms with van der Waals surface area (Å²) < 4.78 is 5.74. The van der Waals surface area contributed by atoms with Gasteiger partial charge >= 0.3 is 0 Å². The van der Waals surface area contributed by atoms with Gasteiger partial charge in [-0.1, -0.05) is 0 Å². The second kappa shape index (κ2) is 5.42. The zero-order valence-electron chi connectivity index (χ0n) is 16.0. The highest BCUT2D eigenvalue weighted by Gasteiger charge is 2.51. The molecule has 0 aromatic carbocycles. The molecule has 0 amide bonds. The molecule has 4 heteroatoms. The molecule has 6 fully saturated rings. The lowest BCUT2D eigenvalue weighted by Gasteiger charge is -2.58. The first-order chi connectivity index (χ1) is 10.9. The molecule has 4 bridgehead atoms. The zero-order valence-corrected chi connectivity index (χ0v) is 16.0. The van der Waals surface area contributed by atoms with E-state index in [-0.39, 0.29) is 0 Å². The van der Waals surface area contributed by atoms with Crippen LogP contribution in [-0.2, 0) is 0 Å². The summed E-state index contributed by atoms with van der Waals surface area (Å²) in [5, 5.41) is 0. The molecule has 23 heavy (non-hydrogen) atoms. The van der Waals surface area contributed by atoms with Crippen LogP contribution < -0.4 is 0 Å². The number of nitrogens with zero attached hydrogens (tertiary/aromatic N) is 4. The quantitative estimate of drug-likeness (QED) is 0.654. The van der Waals surface area contributed by atoms with Crippen molar-refractivity contribution in [1.29, 1.82) is 0 Å². The van der Waals surface area contributed by atoms with Crippen LogP contribution in [0.25, 0.3) is 0 Å². The van der Waals surface area contributed by atoms with E-state index >= 15 is 0 Å². The van der Waals surface area contributed by atoms with Crippen LogP contribution in [0.1, 0.15) is 20.3 Å². The minimum atomic E-state index is 0.838. The third-order valence-corrected chi connectivity index (χ3v) is 8.76. The van der Waals surface area contributed by atoms with E-state index in [2.05, 4.69) is 20.9 Å². The molecule has 0 unspecified atom stereocenters. The van der Waals surface area contributed by atoms with Crippen molar-refractivity contribution < 1.29 is 17.9 Å². The average Bonchev–Trinajstić information content (AvgIpc) is 2.58. The number of hydrogen-bond donors (Lipinski definition) is 0. The predicted octanol–water partition coefficient (Wildman–Crippen LogP) is 0.736. The first-order valence-electron chi connectivity index (χ1n) is 10.3. The average molecular weight is 325 g/mol. The van der Waals surface area contributed by atoms with Gasteiger partial charge in [0.15, 0.2) is 0 Å². The van der Waals surface area contributed by atoms with Crippen molar-refractivity contribution in [2.24, 2.45) is 0 Å². The van der Waals surface area contributed by atoms with Crippen molar-refractivity contribution in [3.8, 4) is 0 Å². The Bertz CT molecular complexity index is 409. The maximum atomic E-state index is 2.48. The molecule has 0 aromatic rings. The molecule has 6 heterocycles. The van der Waals surface area contributed by atoms with Crippen LogP contribution >= 0.6 is 0 Å². The van der Waals surface area contributed by atoms with E-state index in [9.17, 15) is 0 Å². The lowest BCUT2D eigenvalue weighted by atomic mass is 10.0. The lowest BCUT2D eigenvalue weighted by Crippen LogP contribution is -2.77.